The average molecular weight is 505 g/mol. The molecule has 0 atom stereocenters. The quantitative estimate of drug-likeness (QED) is 0.221. The van der Waals surface area contributed by atoms with Crippen molar-refractivity contribution in [3.05, 3.63) is 77.9 Å². The van der Waals surface area contributed by atoms with Crippen LogP contribution in [0.1, 0.15) is 18.1 Å². The first-order chi connectivity index (χ1) is 17.9. The smallest absolute Gasteiger partial charge is 0.329 e. The van der Waals surface area contributed by atoms with Gasteiger partial charge < -0.3 is 24.8 Å². The van der Waals surface area contributed by atoms with Crippen LogP contribution in [0, 0.1) is 0 Å². The highest BCUT2D eigenvalue weighted by Gasteiger charge is 2.13. The summed E-state index contributed by atoms with van der Waals surface area (Å²) in [7, 11) is 3.00. The zero-order valence-corrected chi connectivity index (χ0v) is 20.7. The highest BCUT2D eigenvalue weighted by molar-refractivity contribution is 6.39. The van der Waals surface area contributed by atoms with Crippen molar-refractivity contribution < 1.29 is 28.6 Å². The van der Waals surface area contributed by atoms with Crippen molar-refractivity contribution in [2.24, 2.45) is 5.10 Å². The van der Waals surface area contributed by atoms with E-state index in [4.69, 9.17) is 14.2 Å². The van der Waals surface area contributed by atoms with Crippen molar-refractivity contribution in [1.29, 1.82) is 0 Å². The highest BCUT2D eigenvalue weighted by Crippen LogP contribution is 2.27. The van der Waals surface area contributed by atoms with Crippen LogP contribution in [-0.2, 0) is 20.8 Å². The molecule has 0 aliphatic rings. The Balaban J connectivity index is 1.51. The maximum absolute atomic E-state index is 12.2. The fraction of sp³-hybridized carbons (Fsp3) is 0.185. The molecule has 0 radical (unpaired) electrons. The number of carbonyl (C=O) groups excluding carboxylic acids is 3. The molecule has 0 aromatic heterocycles. The predicted molar refractivity (Wildman–Crippen MR) is 140 cm³/mol. The number of nitrogens with zero attached hydrogens (tertiary/aromatic N) is 1. The van der Waals surface area contributed by atoms with Crippen molar-refractivity contribution in [2.75, 3.05) is 31.5 Å². The van der Waals surface area contributed by atoms with E-state index in [-0.39, 0.29) is 12.5 Å². The summed E-state index contributed by atoms with van der Waals surface area (Å²) in [6, 6.07) is 19.0. The van der Waals surface area contributed by atoms with Crippen molar-refractivity contribution in [1.82, 2.24) is 5.43 Å². The summed E-state index contributed by atoms with van der Waals surface area (Å²) < 4.78 is 16.1. The van der Waals surface area contributed by atoms with E-state index in [0.717, 1.165) is 12.0 Å². The Morgan fingerprint density at radius 2 is 1.62 bits per heavy atom. The van der Waals surface area contributed by atoms with Gasteiger partial charge in [0.25, 0.3) is 5.91 Å². The SMILES string of the molecule is CCc1ccc(NC(=O)C(=O)N/N=C\c2ccc(OCC(=O)Nc3cccc(OC)c3)c(OC)c2)cc1. The van der Waals surface area contributed by atoms with E-state index in [1.165, 1.54) is 13.3 Å². The van der Waals surface area contributed by atoms with Crippen molar-refractivity contribution in [3.8, 4) is 17.2 Å². The van der Waals surface area contributed by atoms with Crippen LogP contribution in [0.5, 0.6) is 17.2 Å². The third-order valence-corrected chi connectivity index (χ3v) is 5.11. The van der Waals surface area contributed by atoms with Gasteiger partial charge in [-0.2, -0.15) is 5.10 Å². The molecular weight excluding hydrogens is 476 g/mol. The van der Waals surface area contributed by atoms with Crippen LogP contribution in [-0.4, -0.2) is 44.8 Å². The first-order valence-corrected chi connectivity index (χ1v) is 11.4. The van der Waals surface area contributed by atoms with Gasteiger partial charge in [0.15, 0.2) is 18.1 Å². The second kappa shape index (κ2) is 13.3. The fourth-order valence-corrected chi connectivity index (χ4v) is 3.15. The Bertz CT molecular complexity index is 1270. The molecule has 37 heavy (non-hydrogen) atoms. The molecule has 0 heterocycles. The summed E-state index contributed by atoms with van der Waals surface area (Å²) in [4.78, 5) is 36.3. The van der Waals surface area contributed by atoms with Gasteiger partial charge in [-0.1, -0.05) is 25.1 Å². The highest BCUT2D eigenvalue weighted by atomic mass is 16.5. The zero-order chi connectivity index (χ0) is 26.6. The van der Waals surface area contributed by atoms with Crippen LogP contribution in [0.3, 0.4) is 0 Å². The predicted octanol–water partition coefficient (Wildman–Crippen LogP) is 3.37. The number of benzene rings is 3. The largest absolute Gasteiger partial charge is 0.497 e. The molecule has 3 amide bonds. The first-order valence-electron chi connectivity index (χ1n) is 11.4. The number of ether oxygens (including phenoxy) is 3. The maximum atomic E-state index is 12.2. The van der Waals surface area contributed by atoms with Gasteiger partial charge in [0.05, 0.1) is 20.4 Å². The van der Waals surface area contributed by atoms with Gasteiger partial charge in [0.1, 0.15) is 5.75 Å². The third-order valence-electron chi connectivity index (χ3n) is 5.11. The Labute approximate surface area is 214 Å². The Morgan fingerprint density at radius 1 is 0.838 bits per heavy atom. The van der Waals surface area contributed by atoms with Crippen LogP contribution in [0.15, 0.2) is 71.8 Å². The second-order valence-electron chi connectivity index (χ2n) is 7.68. The number of aryl methyl sites for hydroxylation is 1. The molecule has 3 N–H and O–H groups in total. The minimum atomic E-state index is -0.912. The Hall–Kier alpha value is -4.86. The van der Waals surface area contributed by atoms with E-state index in [2.05, 4.69) is 21.2 Å². The number of carbonyl (C=O) groups is 3. The number of amides is 3. The molecule has 0 spiro atoms. The van der Waals surface area contributed by atoms with E-state index in [9.17, 15) is 14.4 Å². The number of rotatable bonds is 10. The van der Waals surface area contributed by atoms with E-state index in [1.807, 2.05) is 19.1 Å². The lowest BCUT2D eigenvalue weighted by Gasteiger charge is -2.12. The summed E-state index contributed by atoms with van der Waals surface area (Å²) >= 11 is 0. The molecule has 3 rings (SSSR count). The molecule has 0 aliphatic carbocycles. The number of anilines is 2. The molecule has 10 heteroatoms. The van der Waals surface area contributed by atoms with Gasteiger partial charge >= 0.3 is 11.8 Å². The van der Waals surface area contributed by atoms with Gasteiger partial charge in [-0.15, -0.1) is 0 Å². The second-order valence-corrected chi connectivity index (χ2v) is 7.68. The summed E-state index contributed by atoms with van der Waals surface area (Å²) in [6.45, 7) is 1.78. The lowest BCUT2D eigenvalue weighted by Crippen LogP contribution is -2.32. The van der Waals surface area contributed by atoms with Gasteiger partial charge in [0, 0.05) is 17.4 Å². The van der Waals surface area contributed by atoms with E-state index < -0.39 is 11.8 Å². The van der Waals surface area contributed by atoms with Gasteiger partial charge in [0.2, 0.25) is 0 Å². The molecule has 0 bridgehead atoms. The molecule has 192 valence electrons. The first kappa shape index (κ1) is 26.7. The molecule has 3 aromatic carbocycles. The molecule has 10 nitrogen and oxygen atoms in total. The summed E-state index contributed by atoms with van der Waals surface area (Å²) in [5, 5.41) is 9.05. The molecule has 0 unspecified atom stereocenters. The fourth-order valence-electron chi connectivity index (χ4n) is 3.15. The van der Waals surface area contributed by atoms with Crippen LogP contribution >= 0.6 is 0 Å². The summed E-state index contributed by atoms with van der Waals surface area (Å²) in [5.74, 6) is -0.783. The van der Waals surface area contributed by atoms with Crippen molar-refractivity contribution >= 4 is 35.3 Å². The van der Waals surface area contributed by atoms with Gasteiger partial charge in [-0.05, 0) is 60.0 Å². The minimum absolute atomic E-state index is 0.243. The third kappa shape index (κ3) is 8.10. The summed E-state index contributed by atoms with van der Waals surface area (Å²) in [5.41, 5.74) is 4.97. The maximum Gasteiger partial charge on any atom is 0.329 e. The molecular formula is C27H28N4O6. The molecule has 0 saturated carbocycles. The number of hydrazone groups is 1. The minimum Gasteiger partial charge on any atom is -0.497 e. The molecule has 0 saturated heterocycles. The van der Waals surface area contributed by atoms with Gasteiger partial charge in [-0.25, -0.2) is 5.43 Å². The molecule has 0 aliphatic heterocycles. The van der Waals surface area contributed by atoms with Crippen LogP contribution in [0.4, 0.5) is 11.4 Å². The van der Waals surface area contributed by atoms with Crippen LogP contribution in [0.2, 0.25) is 0 Å². The zero-order valence-electron chi connectivity index (χ0n) is 20.7. The van der Waals surface area contributed by atoms with Gasteiger partial charge in [-0.3, -0.25) is 14.4 Å². The summed E-state index contributed by atoms with van der Waals surface area (Å²) in [6.07, 6.45) is 2.23. The van der Waals surface area contributed by atoms with Crippen molar-refractivity contribution in [2.45, 2.75) is 13.3 Å². The lowest BCUT2D eigenvalue weighted by atomic mass is 10.1. The van der Waals surface area contributed by atoms with Crippen molar-refractivity contribution in [3.63, 3.8) is 0 Å². The topological polar surface area (TPSA) is 127 Å². The van der Waals surface area contributed by atoms with E-state index in [1.54, 1.807) is 61.7 Å². The molecule has 3 aromatic rings. The lowest BCUT2D eigenvalue weighted by molar-refractivity contribution is -0.136. The number of hydrogen-bond acceptors (Lipinski definition) is 7. The number of nitrogens with one attached hydrogen (secondary N) is 3. The van der Waals surface area contributed by atoms with Crippen LogP contribution in [0.25, 0.3) is 0 Å². The number of methoxy groups -OCH3 is 2. The Morgan fingerprint density at radius 3 is 2.32 bits per heavy atom. The van der Waals surface area contributed by atoms with E-state index >= 15 is 0 Å². The number of hydrogen-bond donors (Lipinski definition) is 3. The monoisotopic (exact) mass is 504 g/mol. The molecule has 0 fully saturated rings. The normalized spacial score (nSPS) is 10.5. The Kier molecular flexibility index (Phi) is 9.60. The van der Waals surface area contributed by atoms with E-state index in [0.29, 0.717) is 34.2 Å². The van der Waals surface area contributed by atoms with Crippen LogP contribution < -0.4 is 30.3 Å². The standard InChI is InChI=1S/C27H28N4O6/c1-4-18-8-11-20(12-9-18)30-26(33)27(34)31-28-16-19-10-13-23(24(14-19)36-3)37-17-25(32)29-21-6-5-7-22(15-21)35-2/h5-16H,4,17H2,1-3H3,(H,29,32)(H,30,33)(H,31,34)/b28-16-. The average Bonchev–Trinajstić information content (AvgIpc) is 2.92.